The van der Waals surface area contributed by atoms with Crippen LogP contribution in [-0.4, -0.2) is 46.1 Å². The van der Waals surface area contributed by atoms with Gasteiger partial charge in [0.25, 0.3) is 11.8 Å². The summed E-state index contributed by atoms with van der Waals surface area (Å²) >= 11 is 0. The Morgan fingerprint density at radius 1 is 1.17 bits per heavy atom. The summed E-state index contributed by atoms with van der Waals surface area (Å²) in [6, 6.07) is 6.39. The Kier molecular flexibility index (Phi) is 4.80. The van der Waals surface area contributed by atoms with Gasteiger partial charge in [0, 0.05) is 24.0 Å². The van der Waals surface area contributed by atoms with E-state index >= 15 is 0 Å². The van der Waals surface area contributed by atoms with Crippen molar-refractivity contribution < 1.29 is 27.4 Å². The average molecular weight is 419 g/mol. The summed E-state index contributed by atoms with van der Waals surface area (Å²) in [5.74, 6) is 0.534. The molecule has 0 radical (unpaired) electrons. The fourth-order valence-corrected chi connectivity index (χ4v) is 3.17. The van der Waals surface area contributed by atoms with Crippen LogP contribution in [0.1, 0.15) is 16.1 Å². The number of nitrogens with zero attached hydrogens (tertiary/aromatic N) is 5. The van der Waals surface area contributed by atoms with Gasteiger partial charge in [0.1, 0.15) is 6.54 Å². The molecule has 4 heterocycles. The maximum absolute atomic E-state index is 12.7. The Hall–Kier alpha value is -3.63. The van der Waals surface area contributed by atoms with Gasteiger partial charge in [-0.25, -0.2) is 4.98 Å². The van der Waals surface area contributed by atoms with Gasteiger partial charge in [0.15, 0.2) is 11.6 Å². The topological polar surface area (TPSA) is 82.4 Å². The molecule has 0 unspecified atom stereocenters. The fraction of sp³-hybridized carbons (Fsp3) is 0.263. The Labute approximate surface area is 168 Å². The molecule has 0 spiro atoms. The molecule has 0 aromatic carbocycles. The van der Waals surface area contributed by atoms with Crippen LogP contribution in [0.15, 0.2) is 36.7 Å². The minimum absolute atomic E-state index is 0.103. The molecule has 1 aliphatic heterocycles. The molecule has 1 aliphatic rings. The third-order valence-electron chi connectivity index (χ3n) is 4.53. The van der Waals surface area contributed by atoms with E-state index in [0.717, 1.165) is 4.68 Å². The molecule has 3 aromatic rings. The molecule has 30 heavy (non-hydrogen) atoms. The van der Waals surface area contributed by atoms with Crippen molar-refractivity contribution in [3.05, 3.63) is 47.9 Å². The molecular formula is C19H16F3N5O3. The molecule has 0 aliphatic carbocycles. The molecule has 0 saturated heterocycles. The van der Waals surface area contributed by atoms with E-state index in [1.54, 1.807) is 24.4 Å². The molecular weight excluding hydrogens is 403 g/mol. The Bertz CT molecular complexity index is 1110. The van der Waals surface area contributed by atoms with Crippen molar-refractivity contribution in [3.8, 4) is 22.9 Å². The number of halogens is 3. The molecule has 11 heteroatoms. The van der Waals surface area contributed by atoms with E-state index < -0.39 is 12.7 Å². The van der Waals surface area contributed by atoms with Crippen molar-refractivity contribution in [1.29, 1.82) is 0 Å². The summed E-state index contributed by atoms with van der Waals surface area (Å²) in [7, 11) is 2.97. The van der Waals surface area contributed by atoms with E-state index in [-0.39, 0.29) is 18.3 Å². The third-order valence-corrected chi connectivity index (χ3v) is 4.53. The van der Waals surface area contributed by atoms with Crippen LogP contribution in [0, 0.1) is 0 Å². The number of aromatic nitrogens is 4. The lowest BCUT2D eigenvalue weighted by molar-refractivity contribution is -0.142. The van der Waals surface area contributed by atoms with Gasteiger partial charge >= 0.3 is 6.18 Å². The number of amides is 1. The molecule has 0 bridgehead atoms. The highest BCUT2D eigenvalue weighted by atomic mass is 19.4. The zero-order valence-electron chi connectivity index (χ0n) is 16.0. The highest BCUT2D eigenvalue weighted by Gasteiger charge is 2.33. The number of pyridine rings is 2. The second kappa shape index (κ2) is 7.32. The monoisotopic (exact) mass is 419 g/mol. The first kappa shape index (κ1) is 19.7. The normalized spacial score (nSPS) is 13.5. The van der Waals surface area contributed by atoms with Crippen molar-refractivity contribution in [1.82, 2.24) is 19.7 Å². The number of methoxy groups -OCH3 is 2. The van der Waals surface area contributed by atoms with Gasteiger partial charge in [0.05, 0.1) is 37.7 Å². The van der Waals surface area contributed by atoms with E-state index in [1.165, 1.54) is 31.4 Å². The summed E-state index contributed by atoms with van der Waals surface area (Å²) in [4.78, 5) is 22.7. The fourth-order valence-electron chi connectivity index (χ4n) is 3.17. The largest absolute Gasteiger partial charge is 0.491 e. The number of anilines is 1. The van der Waals surface area contributed by atoms with Crippen LogP contribution in [0.2, 0.25) is 0 Å². The number of rotatable bonds is 5. The number of hydrogen-bond acceptors (Lipinski definition) is 6. The number of fused-ring (bicyclic) bond motifs is 1. The summed E-state index contributed by atoms with van der Waals surface area (Å²) in [6.45, 7) is -1.12. The number of carbonyl (C=O) groups is 1. The van der Waals surface area contributed by atoms with E-state index in [2.05, 4.69) is 15.1 Å². The van der Waals surface area contributed by atoms with E-state index in [9.17, 15) is 18.0 Å². The van der Waals surface area contributed by atoms with E-state index in [0.29, 0.717) is 34.1 Å². The molecule has 4 rings (SSSR count). The van der Waals surface area contributed by atoms with Crippen LogP contribution in [0.25, 0.3) is 11.3 Å². The molecule has 0 fully saturated rings. The van der Waals surface area contributed by atoms with Crippen LogP contribution >= 0.6 is 0 Å². The summed E-state index contributed by atoms with van der Waals surface area (Å²) < 4.78 is 48.8. The van der Waals surface area contributed by atoms with E-state index in [1.807, 2.05) is 0 Å². The van der Waals surface area contributed by atoms with Gasteiger partial charge in [-0.15, -0.1) is 0 Å². The SMILES string of the molecule is COc1cc(-c2ccc3c(n2)CN(c2ccn(CC(F)(F)F)n2)C3=O)cnc1OC. The lowest BCUT2D eigenvalue weighted by atomic mass is 10.1. The first-order chi connectivity index (χ1) is 14.3. The smallest absolute Gasteiger partial charge is 0.408 e. The molecule has 0 atom stereocenters. The predicted octanol–water partition coefficient (Wildman–Crippen LogP) is 3.08. The lowest BCUT2D eigenvalue weighted by Crippen LogP contribution is -2.24. The summed E-state index contributed by atoms with van der Waals surface area (Å²) in [5.41, 5.74) is 2.10. The third kappa shape index (κ3) is 3.65. The maximum Gasteiger partial charge on any atom is 0.408 e. The average Bonchev–Trinajstić information content (AvgIpc) is 3.29. The summed E-state index contributed by atoms with van der Waals surface area (Å²) in [5, 5.41) is 3.87. The minimum Gasteiger partial charge on any atom is -0.491 e. The molecule has 156 valence electrons. The molecule has 8 nitrogen and oxygen atoms in total. The molecule has 3 aromatic heterocycles. The Morgan fingerprint density at radius 2 is 1.97 bits per heavy atom. The highest BCUT2D eigenvalue weighted by molar-refractivity contribution is 6.09. The van der Waals surface area contributed by atoms with Crippen molar-refractivity contribution in [2.75, 3.05) is 19.1 Å². The first-order valence-electron chi connectivity index (χ1n) is 8.79. The quantitative estimate of drug-likeness (QED) is 0.632. The molecule has 0 saturated carbocycles. The Morgan fingerprint density at radius 3 is 2.67 bits per heavy atom. The van der Waals surface area contributed by atoms with Gasteiger partial charge in [0.2, 0.25) is 0 Å². The second-order valence-electron chi connectivity index (χ2n) is 6.50. The van der Waals surface area contributed by atoms with Gasteiger partial charge in [-0.05, 0) is 18.2 Å². The van der Waals surface area contributed by atoms with Crippen molar-refractivity contribution in [3.63, 3.8) is 0 Å². The number of alkyl halides is 3. The minimum atomic E-state index is -4.40. The van der Waals surface area contributed by atoms with Crippen LogP contribution < -0.4 is 14.4 Å². The van der Waals surface area contributed by atoms with E-state index in [4.69, 9.17) is 9.47 Å². The number of carbonyl (C=O) groups excluding carboxylic acids is 1. The zero-order chi connectivity index (χ0) is 21.5. The number of ether oxygens (including phenoxy) is 2. The van der Waals surface area contributed by atoms with Crippen LogP contribution in [0.5, 0.6) is 11.6 Å². The zero-order valence-corrected chi connectivity index (χ0v) is 16.0. The van der Waals surface area contributed by atoms with Gasteiger partial charge in [-0.2, -0.15) is 18.3 Å². The van der Waals surface area contributed by atoms with Crippen molar-refractivity contribution >= 4 is 11.7 Å². The second-order valence-corrected chi connectivity index (χ2v) is 6.50. The van der Waals surface area contributed by atoms with Gasteiger partial charge < -0.3 is 9.47 Å². The van der Waals surface area contributed by atoms with Crippen LogP contribution in [-0.2, 0) is 13.1 Å². The summed E-state index contributed by atoms with van der Waals surface area (Å²) in [6.07, 6.45) is -1.64. The maximum atomic E-state index is 12.7. The number of hydrogen-bond donors (Lipinski definition) is 0. The van der Waals surface area contributed by atoms with Gasteiger partial charge in [-0.3, -0.25) is 19.4 Å². The molecule has 0 N–H and O–H groups in total. The van der Waals surface area contributed by atoms with Crippen LogP contribution in [0.3, 0.4) is 0 Å². The predicted molar refractivity (Wildman–Crippen MR) is 99.4 cm³/mol. The highest BCUT2D eigenvalue weighted by Crippen LogP contribution is 2.32. The van der Waals surface area contributed by atoms with Crippen LogP contribution in [0.4, 0.5) is 19.0 Å². The van der Waals surface area contributed by atoms with Crippen molar-refractivity contribution in [2.24, 2.45) is 0 Å². The molecule has 1 amide bonds. The standard InChI is InChI=1S/C19H16F3N5O3/c1-29-15-7-11(8-23-17(15)30-2)13-4-3-12-14(24-13)9-27(18(12)28)16-5-6-26(25-16)10-19(20,21)22/h3-8H,9-10H2,1-2H3. The van der Waals surface area contributed by atoms with Gasteiger partial charge in [-0.1, -0.05) is 0 Å². The lowest BCUT2D eigenvalue weighted by Gasteiger charge is -2.11. The first-order valence-corrected chi connectivity index (χ1v) is 8.79. The van der Waals surface area contributed by atoms with Crippen molar-refractivity contribution in [2.45, 2.75) is 19.3 Å². The Balaban J connectivity index is 1.60.